The summed E-state index contributed by atoms with van der Waals surface area (Å²) in [4.78, 5) is 1.26. The van der Waals surface area contributed by atoms with Crippen molar-refractivity contribution in [3.05, 3.63) is 0 Å². The molecule has 0 aliphatic carbocycles. The van der Waals surface area contributed by atoms with Crippen LogP contribution in [0.2, 0.25) is 0 Å². The standard InChI is InChI=1S/C13H24N4O3S/c1-13(2,3)14-8-10(18)9-20-12-11(15-21-16-12)17-4-6-19-7-5-17/h10,14,18H,4-9H2,1-3H3/t10-/m1/s1/i6D2,7D2,8D2,10D. The van der Waals surface area contributed by atoms with E-state index in [0.29, 0.717) is 0 Å². The summed E-state index contributed by atoms with van der Waals surface area (Å²) in [5.41, 5.74) is -0.711. The Morgan fingerprint density at radius 3 is 2.95 bits per heavy atom. The van der Waals surface area contributed by atoms with Crippen LogP contribution in [0.4, 0.5) is 5.82 Å². The van der Waals surface area contributed by atoms with E-state index in [9.17, 15) is 5.11 Å². The fourth-order valence-electron chi connectivity index (χ4n) is 1.37. The molecular weight excluding hydrogens is 292 g/mol. The Hall–Kier alpha value is -0.960. The fraction of sp³-hybridized carbons (Fsp3) is 0.846. The van der Waals surface area contributed by atoms with E-state index in [0.717, 1.165) is 11.7 Å². The molecule has 0 amide bonds. The Labute approximate surface area is 139 Å². The zero-order valence-electron chi connectivity index (χ0n) is 19.1. The summed E-state index contributed by atoms with van der Waals surface area (Å²) in [5.74, 6) is -0.128. The SMILES string of the molecule is [2H]C1([2H])CN(c2nsnc2OC[C@]([2H])(O)C([2H])([2H])NC(C)(C)C)CC([2H])([2H])O1. The van der Waals surface area contributed by atoms with E-state index in [1.54, 1.807) is 20.8 Å². The van der Waals surface area contributed by atoms with Gasteiger partial charge >= 0.3 is 0 Å². The predicted octanol–water partition coefficient (Wildman–Crippen LogP) is 0.502. The van der Waals surface area contributed by atoms with Gasteiger partial charge in [0.2, 0.25) is 5.82 Å². The van der Waals surface area contributed by atoms with Crippen molar-refractivity contribution in [3.8, 4) is 5.88 Å². The molecule has 0 aromatic carbocycles. The van der Waals surface area contributed by atoms with Crippen LogP contribution in [0.1, 0.15) is 30.4 Å². The van der Waals surface area contributed by atoms with E-state index in [4.69, 9.17) is 19.1 Å². The molecule has 0 bridgehead atoms. The van der Waals surface area contributed by atoms with Crippen molar-refractivity contribution in [3.63, 3.8) is 0 Å². The Morgan fingerprint density at radius 1 is 1.57 bits per heavy atom. The number of aliphatic hydroxyl groups is 1. The number of hydrogen-bond donors (Lipinski definition) is 2. The maximum atomic E-state index is 10.3. The van der Waals surface area contributed by atoms with Crippen molar-refractivity contribution in [1.29, 1.82) is 0 Å². The summed E-state index contributed by atoms with van der Waals surface area (Å²) in [7, 11) is 0. The number of aromatic nitrogens is 2. The monoisotopic (exact) mass is 323 g/mol. The van der Waals surface area contributed by atoms with E-state index >= 15 is 0 Å². The van der Waals surface area contributed by atoms with Gasteiger partial charge in [-0.15, -0.1) is 4.37 Å². The smallest absolute Gasteiger partial charge is 0.270 e. The van der Waals surface area contributed by atoms with Crippen LogP contribution in [0.3, 0.4) is 0 Å². The first kappa shape index (κ1) is 9.24. The van der Waals surface area contributed by atoms with Gasteiger partial charge in [-0.2, -0.15) is 4.37 Å². The molecule has 1 atom stereocenters. The molecule has 1 fully saturated rings. The number of rotatable bonds is 6. The summed E-state index contributed by atoms with van der Waals surface area (Å²) in [6, 6.07) is 0. The molecule has 7 nitrogen and oxygen atoms in total. The highest BCUT2D eigenvalue weighted by atomic mass is 32.1. The molecule has 8 heteroatoms. The molecule has 1 saturated heterocycles. The van der Waals surface area contributed by atoms with Crippen LogP contribution >= 0.6 is 11.7 Å². The number of nitrogens with one attached hydrogen (secondary N) is 1. The van der Waals surface area contributed by atoms with Crippen LogP contribution in [0.25, 0.3) is 0 Å². The lowest BCUT2D eigenvalue weighted by Gasteiger charge is -2.27. The van der Waals surface area contributed by atoms with Gasteiger partial charge in [0.25, 0.3) is 5.88 Å². The molecule has 0 saturated carbocycles. The molecule has 2 rings (SSSR count). The third-order valence-electron chi connectivity index (χ3n) is 2.32. The highest BCUT2D eigenvalue weighted by Gasteiger charge is 2.21. The van der Waals surface area contributed by atoms with Gasteiger partial charge in [0, 0.05) is 27.9 Å². The van der Waals surface area contributed by atoms with Crippen LogP contribution in [0.15, 0.2) is 0 Å². The highest BCUT2D eigenvalue weighted by molar-refractivity contribution is 6.99. The van der Waals surface area contributed by atoms with Gasteiger partial charge in [0.1, 0.15) is 12.7 Å². The van der Waals surface area contributed by atoms with Gasteiger partial charge in [0.05, 0.1) is 31.7 Å². The summed E-state index contributed by atoms with van der Waals surface area (Å²) >= 11 is 0.724. The third-order valence-corrected chi connectivity index (χ3v) is 2.83. The minimum atomic E-state index is -2.67. The molecule has 0 unspecified atom stereocenters. The van der Waals surface area contributed by atoms with Crippen molar-refractivity contribution < 1.29 is 24.2 Å². The lowest BCUT2D eigenvalue weighted by molar-refractivity contribution is 0.0975. The van der Waals surface area contributed by atoms with Crippen LogP contribution in [0.5, 0.6) is 5.88 Å². The lowest BCUT2D eigenvalue weighted by atomic mass is 10.1. The second-order valence-corrected chi connectivity index (χ2v) is 5.90. The molecule has 2 heterocycles. The van der Waals surface area contributed by atoms with Gasteiger partial charge in [0.15, 0.2) is 0 Å². The molecule has 1 aromatic heterocycles. The molecule has 2 N–H and O–H groups in total. The number of β-amino-alcohol motifs (C(OH)–C–C–N with tert-alkyl or cyclic N) is 1. The number of ether oxygens (including phenoxy) is 2. The molecule has 0 spiro atoms. The molecular formula is C13H24N4O3S. The first-order valence-electron chi connectivity index (χ1n) is 9.85. The highest BCUT2D eigenvalue weighted by Crippen LogP contribution is 2.26. The van der Waals surface area contributed by atoms with Crippen molar-refractivity contribution >= 4 is 17.5 Å². The number of anilines is 1. The summed E-state index contributed by atoms with van der Waals surface area (Å²) in [6.07, 6.45) is -2.67. The zero-order valence-corrected chi connectivity index (χ0v) is 13.0. The third kappa shape index (κ3) is 5.39. The van der Waals surface area contributed by atoms with E-state index in [1.807, 2.05) is 0 Å². The average molecular weight is 323 g/mol. The number of hydrogen-bond acceptors (Lipinski definition) is 8. The maximum Gasteiger partial charge on any atom is 0.270 e. The number of nitrogens with zero attached hydrogens (tertiary/aromatic N) is 3. The van der Waals surface area contributed by atoms with Gasteiger partial charge in [-0.25, -0.2) is 0 Å². The van der Waals surface area contributed by atoms with Gasteiger partial charge in [-0.3, -0.25) is 0 Å². The quantitative estimate of drug-likeness (QED) is 0.789. The Morgan fingerprint density at radius 2 is 2.29 bits per heavy atom. The molecule has 1 aliphatic heterocycles. The largest absolute Gasteiger partial charge is 0.472 e. The van der Waals surface area contributed by atoms with Crippen LogP contribution in [-0.2, 0) is 4.74 Å². The first-order chi connectivity index (χ1) is 12.4. The van der Waals surface area contributed by atoms with E-state index in [1.165, 1.54) is 4.90 Å². The van der Waals surface area contributed by atoms with Crippen LogP contribution < -0.4 is 15.0 Å². The summed E-state index contributed by atoms with van der Waals surface area (Å²) < 4.78 is 72.6. The Balaban J connectivity index is 2.14. The van der Waals surface area contributed by atoms with Gasteiger partial charge in [-0.05, 0) is 20.8 Å². The second-order valence-electron chi connectivity index (χ2n) is 5.38. The van der Waals surface area contributed by atoms with Gasteiger partial charge in [-0.1, -0.05) is 0 Å². The average Bonchev–Trinajstić information content (AvgIpc) is 2.87. The van der Waals surface area contributed by atoms with Crippen molar-refractivity contribution in [1.82, 2.24) is 14.1 Å². The summed E-state index contributed by atoms with van der Waals surface area (Å²) in [6.45, 7) is -3.44. The molecule has 1 aliphatic rings. The van der Waals surface area contributed by atoms with Crippen molar-refractivity contribution in [2.24, 2.45) is 0 Å². The molecule has 1 aromatic rings. The van der Waals surface area contributed by atoms with Crippen LogP contribution in [-0.4, -0.2) is 64.8 Å². The Kier molecular flexibility index (Phi) is 3.23. The normalized spacial score (nSPS) is 29.7. The minimum absolute atomic E-state index is 0.0289. The molecule has 0 radical (unpaired) electrons. The minimum Gasteiger partial charge on any atom is -0.472 e. The predicted molar refractivity (Wildman–Crippen MR) is 82.2 cm³/mol. The van der Waals surface area contributed by atoms with E-state index in [-0.39, 0.29) is 24.8 Å². The van der Waals surface area contributed by atoms with Gasteiger partial charge < -0.3 is 24.8 Å². The lowest BCUT2D eigenvalue weighted by Crippen LogP contribution is -2.42. The topological polar surface area (TPSA) is 79.7 Å². The fourth-order valence-corrected chi connectivity index (χ4v) is 1.89. The molecule has 21 heavy (non-hydrogen) atoms. The van der Waals surface area contributed by atoms with Crippen molar-refractivity contribution in [2.75, 3.05) is 44.2 Å². The van der Waals surface area contributed by atoms with E-state index in [2.05, 4.69) is 14.1 Å². The maximum absolute atomic E-state index is 10.3. The number of morpholine rings is 1. The molecule has 120 valence electrons. The summed E-state index contributed by atoms with van der Waals surface area (Å²) in [5, 5.41) is 12.8. The Bertz CT molecular complexity index is 680. The second kappa shape index (κ2) is 7.35. The first-order valence-corrected chi connectivity index (χ1v) is 7.08. The zero-order chi connectivity index (χ0) is 21.6. The van der Waals surface area contributed by atoms with Crippen molar-refractivity contribution in [2.45, 2.75) is 32.4 Å². The van der Waals surface area contributed by atoms with Crippen LogP contribution in [0, 0.1) is 0 Å². The van der Waals surface area contributed by atoms with E-state index < -0.39 is 37.8 Å².